The van der Waals surface area contributed by atoms with Crippen molar-refractivity contribution in [1.82, 2.24) is 0 Å². The maximum absolute atomic E-state index is 13.7. The van der Waals surface area contributed by atoms with Crippen LogP contribution >= 0.6 is 0 Å². The Bertz CT molecular complexity index is 994. The first kappa shape index (κ1) is 18.8. The van der Waals surface area contributed by atoms with Crippen LogP contribution < -0.4 is 4.90 Å². The summed E-state index contributed by atoms with van der Waals surface area (Å²) in [5.41, 5.74) is 4.11. The van der Waals surface area contributed by atoms with E-state index in [4.69, 9.17) is 0 Å². The van der Waals surface area contributed by atoms with Gasteiger partial charge in [0.1, 0.15) is 0 Å². The van der Waals surface area contributed by atoms with Crippen molar-refractivity contribution in [1.29, 1.82) is 0 Å². The summed E-state index contributed by atoms with van der Waals surface area (Å²) in [6, 6.07) is 28.1. The Kier molecular flexibility index (Phi) is 4.74. The zero-order valence-corrected chi connectivity index (χ0v) is 17.1. The van der Waals surface area contributed by atoms with Crippen LogP contribution in [0.2, 0.25) is 0 Å². The van der Waals surface area contributed by atoms with E-state index >= 15 is 0 Å². The lowest BCUT2D eigenvalue weighted by atomic mass is 9.64. The highest BCUT2D eigenvalue weighted by Crippen LogP contribution is 2.53. The van der Waals surface area contributed by atoms with Crippen LogP contribution in [0.5, 0.6) is 0 Å². The second-order valence-electron chi connectivity index (χ2n) is 8.51. The summed E-state index contributed by atoms with van der Waals surface area (Å²) in [6.07, 6.45) is 1.82. The molecule has 0 bridgehead atoms. The summed E-state index contributed by atoms with van der Waals surface area (Å²) in [6.45, 7) is 2.01. The van der Waals surface area contributed by atoms with Crippen LogP contribution in [0.25, 0.3) is 0 Å². The van der Waals surface area contributed by atoms with Gasteiger partial charge in [0.05, 0.1) is 17.5 Å². The van der Waals surface area contributed by atoms with E-state index in [9.17, 15) is 9.59 Å². The summed E-state index contributed by atoms with van der Waals surface area (Å²) < 4.78 is 0. The van der Waals surface area contributed by atoms with Crippen molar-refractivity contribution >= 4 is 17.5 Å². The largest absolute Gasteiger partial charge is 0.274 e. The summed E-state index contributed by atoms with van der Waals surface area (Å²) >= 11 is 0. The van der Waals surface area contributed by atoms with Gasteiger partial charge in [-0.3, -0.25) is 14.5 Å². The van der Waals surface area contributed by atoms with Crippen LogP contribution in [0.15, 0.2) is 84.9 Å². The van der Waals surface area contributed by atoms with Crippen molar-refractivity contribution in [2.24, 2.45) is 11.8 Å². The zero-order valence-electron chi connectivity index (χ0n) is 17.1. The molecule has 0 unspecified atom stereocenters. The van der Waals surface area contributed by atoms with Gasteiger partial charge in [-0.2, -0.15) is 0 Å². The molecule has 30 heavy (non-hydrogen) atoms. The molecule has 2 fully saturated rings. The van der Waals surface area contributed by atoms with Crippen molar-refractivity contribution < 1.29 is 9.59 Å². The van der Waals surface area contributed by atoms with E-state index in [1.165, 1.54) is 4.90 Å². The SMILES string of the molecule is Cc1ccc(N2C(=O)[C@@H]3[C@@H](C2=O)[C@@H](c2ccccc2)CC[C@@H]3c2ccccc2)cc1. The second kappa shape index (κ2) is 7.56. The molecule has 1 aliphatic heterocycles. The highest BCUT2D eigenvalue weighted by molar-refractivity contribution is 6.22. The first-order chi connectivity index (χ1) is 14.6. The molecule has 3 aromatic carbocycles. The van der Waals surface area contributed by atoms with E-state index in [-0.39, 0.29) is 35.5 Å². The van der Waals surface area contributed by atoms with Gasteiger partial charge in [0.2, 0.25) is 11.8 Å². The van der Waals surface area contributed by atoms with Gasteiger partial charge in [0.25, 0.3) is 0 Å². The van der Waals surface area contributed by atoms with Crippen molar-refractivity contribution in [3.05, 3.63) is 102 Å². The molecule has 0 spiro atoms. The predicted octanol–water partition coefficient (Wildman–Crippen LogP) is 5.46. The first-order valence-corrected chi connectivity index (χ1v) is 10.7. The average molecular weight is 396 g/mol. The normalized spacial score (nSPS) is 26.0. The minimum absolute atomic E-state index is 0.0525. The van der Waals surface area contributed by atoms with Crippen LogP contribution in [0.3, 0.4) is 0 Å². The number of imide groups is 1. The highest BCUT2D eigenvalue weighted by Gasteiger charge is 2.56. The molecular formula is C27H25NO2. The van der Waals surface area contributed by atoms with E-state index in [1.807, 2.05) is 67.6 Å². The summed E-state index contributed by atoms with van der Waals surface area (Å²) in [4.78, 5) is 28.9. The number of carbonyl (C=O) groups is 2. The van der Waals surface area contributed by atoms with Crippen molar-refractivity contribution in [3.8, 4) is 0 Å². The van der Waals surface area contributed by atoms with E-state index < -0.39 is 0 Å². The molecule has 150 valence electrons. The van der Waals surface area contributed by atoms with Gasteiger partial charge in [0.15, 0.2) is 0 Å². The standard InChI is InChI=1S/C27H25NO2/c1-18-12-14-21(15-13-18)28-26(29)24-22(19-8-4-2-5-9-19)16-17-23(25(24)27(28)30)20-10-6-3-7-11-20/h2-15,22-25H,16-17H2,1H3/t22-,23-,24+,25+/m1/s1. The third kappa shape index (κ3) is 3.06. The molecule has 1 heterocycles. The Morgan fingerprint density at radius 3 is 1.50 bits per heavy atom. The number of anilines is 1. The quantitative estimate of drug-likeness (QED) is 0.552. The monoisotopic (exact) mass is 395 g/mol. The van der Waals surface area contributed by atoms with Gasteiger partial charge in [-0.05, 0) is 54.9 Å². The van der Waals surface area contributed by atoms with E-state index in [1.54, 1.807) is 0 Å². The maximum Gasteiger partial charge on any atom is 0.238 e. The number of nitrogens with zero attached hydrogens (tertiary/aromatic N) is 1. The second-order valence-corrected chi connectivity index (χ2v) is 8.51. The molecule has 1 aliphatic carbocycles. The molecule has 3 aromatic rings. The lowest BCUT2D eigenvalue weighted by Crippen LogP contribution is -2.34. The zero-order chi connectivity index (χ0) is 20.7. The Labute approximate surface area is 177 Å². The number of hydrogen-bond donors (Lipinski definition) is 0. The molecule has 0 aromatic heterocycles. The molecule has 2 aliphatic rings. The Hall–Kier alpha value is -3.20. The third-order valence-electron chi connectivity index (χ3n) is 6.80. The number of rotatable bonds is 3. The minimum Gasteiger partial charge on any atom is -0.274 e. The molecule has 5 rings (SSSR count). The molecule has 3 heteroatoms. The first-order valence-electron chi connectivity index (χ1n) is 10.7. The summed E-state index contributed by atoms with van der Waals surface area (Å²) in [7, 11) is 0. The van der Waals surface area contributed by atoms with Crippen LogP contribution in [-0.4, -0.2) is 11.8 Å². The van der Waals surface area contributed by atoms with Gasteiger partial charge in [-0.15, -0.1) is 0 Å². The third-order valence-corrected chi connectivity index (χ3v) is 6.80. The topological polar surface area (TPSA) is 37.4 Å². The number of carbonyl (C=O) groups excluding carboxylic acids is 2. The number of hydrogen-bond acceptors (Lipinski definition) is 2. The van der Waals surface area contributed by atoms with Crippen LogP contribution in [0.4, 0.5) is 5.69 Å². The molecule has 0 radical (unpaired) electrons. The fourth-order valence-corrected chi connectivity index (χ4v) is 5.37. The predicted molar refractivity (Wildman–Crippen MR) is 118 cm³/mol. The van der Waals surface area contributed by atoms with E-state index in [2.05, 4.69) is 24.3 Å². The summed E-state index contributed by atoms with van der Waals surface area (Å²) in [5, 5.41) is 0. The van der Waals surface area contributed by atoms with Crippen LogP contribution in [-0.2, 0) is 9.59 Å². The molecule has 1 saturated carbocycles. The van der Waals surface area contributed by atoms with Crippen LogP contribution in [0, 0.1) is 18.8 Å². The molecular weight excluding hydrogens is 370 g/mol. The molecule has 4 atom stereocenters. The fourth-order valence-electron chi connectivity index (χ4n) is 5.37. The Morgan fingerprint density at radius 1 is 0.633 bits per heavy atom. The van der Waals surface area contributed by atoms with Gasteiger partial charge < -0.3 is 0 Å². The van der Waals surface area contributed by atoms with Gasteiger partial charge in [-0.25, -0.2) is 0 Å². The number of fused-ring (bicyclic) bond motifs is 1. The minimum atomic E-state index is -0.319. The van der Waals surface area contributed by atoms with Crippen molar-refractivity contribution in [3.63, 3.8) is 0 Å². The van der Waals surface area contributed by atoms with Crippen LogP contribution in [0.1, 0.15) is 41.4 Å². The smallest absolute Gasteiger partial charge is 0.238 e. The maximum atomic E-state index is 13.7. The number of benzene rings is 3. The number of amides is 2. The molecule has 2 amide bonds. The average Bonchev–Trinajstić information content (AvgIpc) is 3.06. The molecule has 3 nitrogen and oxygen atoms in total. The van der Waals surface area contributed by atoms with Gasteiger partial charge in [-0.1, -0.05) is 78.4 Å². The number of aryl methyl sites for hydroxylation is 1. The van der Waals surface area contributed by atoms with Gasteiger partial charge in [0, 0.05) is 0 Å². The molecule has 1 saturated heterocycles. The fraction of sp³-hybridized carbons (Fsp3) is 0.259. The molecule has 0 N–H and O–H groups in total. The van der Waals surface area contributed by atoms with E-state index in [0.717, 1.165) is 29.5 Å². The van der Waals surface area contributed by atoms with E-state index in [0.29, 0.717) is 5.69 Å². The van der Waals surface area contributed by atoms with Gasteiger partial charge >= 0.3 is 0 Å². The lowest BCUT2D eigenvalue weighted by Gasteiger charge is -2.37. The summed E-state index contributed by atoms with van der Waals surface area (Å²) in [5.74, 6) is -0.599. The highest BCUT2D eigenvalue weighted by atomic mass is 16.2. The van der Waals surface area contributed by atoms with Crippen molar-refractivity contribution in [2.45, 2.75) is 31.6 Å². The lowest BCUT2D eigenvalue weighted by molar-refractivity contribution is -0.122. The Morgan fingerprint density at radius 2 is 1.07 bits per heavy atom. The van der Waals surface area contributed by atoms with Crippen molar-refractivity contribution in [2.75, 3.05) is 4.90 Å². The Balaban J connectivity index is 1.60.